The number of aliphatic hydroxyl groups is 1. The van der Waals surface area contributed by atoms with Crippen molar-refractivity contribution in [3.8, 4) is 0 Å². The van der Waals surface area contributed by atoms with Gasteiger partial charge in [0.2, 0.25) is 0 Å². The summed E-state index contributed by atoms with van der Waals surface area (Å²) in [6.07, 6.45) is 4.87. The topological polar surface area (TPSA) is 32.3 Å². The van der Waals surface area contributed by atoms with Gasteiger partial charge in [0.1, 0.15) is 5.82 Å². The maximum atomic E-state index is 13.7. The van der Waals surface area contributed by atoms with Gasteiger partial charge in [0.05, 0.1) is 5.60 Å². The molecule has 0 aromatic heterocycles. The highest BCUT2D eigenvalue weighted by atomic mass is 19.1. The van der Waals surface area contributed by atoms with Crippen molar-refractivity contribution in [2.45, 2.75) is 56.7 Å². The van der Waals surface area contributed by atoms with E-state index in [0.29, 0.717) is 30.5 Å². The molecule has 3 rings (SSSR count). The fraction of sp³-hybridized carbons (Fsp3) is 0.600. The predicted octanol–water partition coefficient (Wildman–Crippen LogP) is 2.63. The molecule has 0 amide bonds. The van der Waals surface area contributed by atoms with E-state index in [1.807, 2.05) is 6.07 Å². The molecule has 2 aliphatic rings. The largest absolute Gasteiger partial charge is 0.385 e. The highest BCUT2D eigenvalue weighted by Crippen LogP contribution is 2.39. The van der Waals surface area contributed by atoms with Crippen LogP contribution >= 0.6 is 0 Å². The molecular weight excluding hydrogens is 229 g/mol. The van der Waals surface area contributed by atoms with Crippen molar-refractivity contribution in [2.24, 2.45) is 0 Å². The molecule has 0 aliphatic carbocycles. The molecular formula is C15H20FNO. The average Bonchev–Trinajstić information content (AvgIpc) is 2.32. The first-order valence-corrected chi connectivity index (χ1v) is 6.82. The van der Waals surface area contributed by atoms with E-state index in [9.17, 15) is 9.50 Å². The summed E-state index contributed by atoms with van der Waals surface area (Å²) in [6, 6.07) is 5.91. The second kappa shape index (κ2) is 4.32. The van der Waals surface area contributed by atoms with E-state index in [0.717, 1.165) is 18.4 Å². The SMILES string of the molecule is Cc1ccc(C2(O)CC3CCCC(C2)N3)cc1F. The first-order valence-electron chi connectivity index (χ1n) is 6.82. The summed E-state index contributed by atoms with van der Waals surface area (Å²) in [6.45, 7) is 1.75. The van der Waals surface area contributed by atoms with Crippen molar-refractivity contribution in [2.75, 3.05) is 0 Å². The van der Waals surface area contributed by atoms with Gasteiger partial charge < -0.3 is 10.4 Å². The third-order valence-corrected chi connectivity index (χ3v) is 4.45. The Labute approximate surface area is 107 Å². The average molecular weight is 249 g/mol. The number of halogens is 1. The van der Waals surface area contributed by atoms with E-state index in [4.69, 9.17) is 0 Å². The van der Waals surface area contributed by atoms with Crippen LogP contribution in [0.3, 0.4) is 0 Å². The standard InChI is InChI=1S/C15H20FNO/c1-10-5-6-11(7-14(10)16)15(18)8-12-3-2-4-13(9-15)17-12/h5-7,12-13,17-18H,2-4,8-9H2,1H3. The Hall–Kier alpha value is -0.930. The summed E-state index contributed by atoms with van der Waals surface area (Å²) < 4.78 is 13.7. The van der Waals surface area contributed by atoms with Crippen molar-refractivity contribution in [3.63, 3.8) is 0 Å². The zero-order chi connectivity index (χ0) is 12.8. The van der Waals surface area contributed by atoms with E-state index in [-0.39, 0.29) is 5.82 Å². The molecule has 2 atom stereocenters. The Balaban J connectivity index is 1.91. The summed E-state index contributed by atoms with van der Waals surface area (Å²) in [5.74, 6) is -0.218. The minimum atomic E-state index is -0.852. The van der Waals surface area contributed by atoms with Crippen LogP contribution in [-0.2, 0) is 5.60 Å². The highest BCUT2D eigenvalue weighted by Gasteiger charge is 2.41. The number of hydrogen-bond donors (Lipinski definition) is 2. The van der Waals surface area contributed by atoms with Crippen LogP contribution in [0.25, 0.3) is 0 Å². The fourth-order valence-corrected chi connectivity index (χ4v) is 3.45. The second-order valence-corrected chi connectivity index (χ2v) is 5.90. The number of hydrogen-bond acceptors (Lipinski definition) is 2. The maximum absolute atomic E-state index is 13.7. The summed E-state index contributed by atoms with van der Waals surface area (Å²) in [4.78, 5) is 0. The van der Waals surface area contributed by atoms with Gasteiger partial charge in [-0.3, -0.25) is 0 Å². The summed E-state index contributed by atoms with van der Waals surface area (Å²) in [5.41, 5.74) is 0.524. The molecule has 1 aromatic carbocycles. The van der Waals surface area contributed by atoms with Crippen LogP contribution in [0.15, 0.2) is 18.2 Å². The van der Waals surface area contributed by atoms with Gasteiger partial charge in [-0.15, -0.1) is 0 Å². The lowest BCUT2D eigenvalue weighted by Gasteiger charge is -2.45. The van der Waals surface area contributed by atoms with E-state index in [2.05, 4.69) is 5.32 Å². The molecule has 2 nitrogen and oxygen atoms in total. The number of nitrogens with one attached hydrogen (secondary N) is 1. The van der Waals surface area contributed by atoms with Gasteiger partial charge in [0, 0.05) is 12.1 Å². The molecule has 0 saturated carbocycles. The maximum Gasteiger partial charge on any atom is 0.126 e. The third-order valence-electron chi connectivity index (χ3n) is 4.45. The van der Waals surface area contributed by atoms with E-state index in [1.165, 1.54) is 12.5 Å². The summed E-state index contributed by atoms with van der Waals surface area (Å²) in [7, 11) is 0. The number of rotatable bonds is 1. The van der Waals surface area contributed by atoms with Crippen molar-refractivity contribution < 1.29 is 9.50 Å². The normalized spacial score (nSPS) is 35.5. The summed E-state index contributed by atoms with van der Waals surface area (Å²) in [5, 5.41) is 14.4. The van der Waals surface area contributed by atoms with Crippen LogP contribution in [-0.4, -0.2) is 17.2 Å². The van der Waals surface area contributed by atoms with Gasteiger partial charge in [-0.2, -0.15) is 0 Å². The fourth-order valence-electron chi connectivity index (χ4n) is 3.45. The molecule has 2 unspecified atom stereocenters. The highest BCUT2D eigenvalue weighted by molar-refractivity contribution is 5.29. The Morgan fingerprint density at radius 1 is 1.28 bits per heavy atom. The van der Waals surface area contributed by atoms with Gasteiger partial charge in [-0.1, -0.05) is 18.6 Å². The minimum absolute atomic E-state index is 0.218. The first-order chi connectivity index (χ1) is 8.57. The van der Waals surface area contributed by atoms with Gasteiger partial charge in [0.15, 0.2) is 0 Å². The number of piperidine rings is 2. The Bertz CT molecular complexity index is 448. The van der Waals surface area contributed by atoms with Crippen LogP contribution in [0.4, 0.5) is 4.39 Å². The smallest absolute Gasteiger partial charge is 0.126 e. The number of aryl methyl sites for hydroxylation is 1. The first kappa shape index (κ1) is 12.1. The quantitative estimate of drug-likeness (QED) is 0.802. The van der Waals surface area contributed by atoms with E-state index in [1.54, 1.807) is 13.0 Å². The molecule has 2 bridgehead atoms. The molecule has 2 aliphatic heterocycles. The Morgan fingerprint density at radius 3 is 2.56 bits per heavy atom. The third kappa shape index (κ3) is 2.06. The molecule has 2 fully saturated rings. The number of fused-ring (bicyclic) bond motifs is 2. The van der Waals surface area contributed by atoms with Crippen molar-refractivity contribution in [1.29, 1.82) is 0 Å². The van der Waals surface area contributed by atoms with Gasteiger partial charge >= 0.3 is 0 Å². The second-order valence-electron chi connectivity index (χ2n) is 5.90. The van der Waals surface area contributed by atoms with Crippen LogP contribution in [0.1, 0.15) is 43.2 Å². The molecule has 1 aromatic rings. The molecule has 98 valence electrons. The van der Waals surface area contributed by atoms with Crippen molar-refractivity contribution in [1.82, 2.24) is 5.32 Å². The number of benzene rings is 1. The lowest BCUT2D eigenvalue weighted by molar-refractivity contribution is -0.0360. The molecule has 2 N–H and O–H groups in total. The Kier molecular flexibility index (Phi) is 2.91. The zero-order valence-corrected chi connectivity index (χ0v) is 10.7. The van der Waals surface area contributed by atoms with Crippen molar-refractivity contribution in [3.05, 3.63) is 35.1 Å². The lowest BCUT2D eigenvalue weighted by atomic mass is 9.74. The van der Waals surface area contributed by atoms with Crippen LogP contribution in [0, 0.1) is 12.7 Å². The van der Waals surface area contributed by atoms with Crippen LogP contribution in [0.2, 0.25) is 0 Å². The van der Waals surface area contributed by atoms with Crippen molar-refractivity contribution >= 4 is 0 Å². The molecule has 0 radical (unpaired) electrons. The predicted molar refractivity (Wildman–Crippen MR) is 68.8 cm³/mol. The van der Waals surface area contributed by atoms with E-state index >= 15 is 0 Å². The zero-order valence-electron chi connectivity index (χ0n) is 10.7. The summed E-state index contributed by atoms with van der Waals surface area (Å²) >= 11 is 0. The molecule has 3 heteroatoms. The Morgan fingerprint density at radius 2 is 1.94 bits per heavy atom. The minimum Gasteiger partial charge on any atom is -0.385 e. The van der Waals surface area contributed by atoms with Crippen LogP contribution < -0.4 is 5.32 Å². The molecule has 2 heterocycles. The van der Waals surface area contributed by atoms with Gasteiger partial charge in [-0.25, -0.2) is 4.39 Å². The van der Waals surface area contributed by atoms with Crippen LogP contribution in [0.5, 0.6) is 0 Å². The molecule has 18 heavy (non-hydrogen) atoms. The lowest BCUT2D eigenvalue weighted by Crippen LogP contribution is -2.54. The van der Waals surface area contributed by atoms with E-state index < -0.39 is 5.60 Å². The molecule has 2 saturated heterocycles. The molecule has 0 spiro atoms. The monoisotopic (exact) mass is 249 g/mol. The van der Waals surface area contributed by atoms with Gasteiger partial charge in [0.25, 0.3) is 0 Å². The van der Waals surface area contributed by atoms with Gasteiger partial charge in [-0.05, 0) is 49.8 Å².